The van der Waals surface area contributed by atoms with Gasteiger partial charge in [-0.25, -0.2) is 0 Å². The molecule has 0 bridgehead atoms. The summed E-state index contributed by atoms with van der Waals surface area (Å²) in [4.78, 5) is 11.4. The van der Waals surface area contributed by atoms with Crippen LogP contribution < -0.4 is 5.32 Å². The molecule has 0 radical (unpaired) electrons. The molecule has 1 heterocycles. The number of nitrogens with one attached hydrogen (secondary N) is 1. The molecule has 1 aromatic carbocycles. The van der Waals surface area contributed by atoms with Gasteiger partial charge in [-0.05, 0) is 18.9 Å². The number of hydrogen-bond donors (Lipinski definition) is 2. The van der Waals surface area contributed by atoms with E-state index in [1.54, 1.807) is 12.1 Å². The Kier molecular flexibility index (Phi) is 3.64. The maximum absolute atomic E-state index is 11.4. The quantitative estimate of drug-likeness (QED) is 0.764. The zero-order valence-corrected chi connectivity index (χ0v) is 9.85. The Morgan fingerprint density at radius 1 is 1.41 bits per heavy atom. The molecule has 17 heavy (non-hydrogen) atoms. The van der Waals surface area contributed by atoms with Crippen LogP contribution in [0.3, 0.4) is 0 Å². The first-order valence-corrected chi connectivity index (χ1v) is 5.81. The Hall–Kier alpha value is -1.55. The molecule has 1 aliphatic heterocycles. The molecule has 0 saturated carbocycles. The number of para-hydroxylation sites is 1. The van der Waals surface area contributed by atoms with Gasteiger partial charge in [0.15, 0.2) is 0 Å². The van der Waals surface area contributed by atoms with Gasteiger partial charge >= 0.3 is 5.97 Å². The smallest absolute Gasteiger partial charge is 0.309 e. The van der Waals surface area contributed by atoms with Gasteiger partial charge in [0.25, 0.3) is 0 Å². The Bertz CT molecular complexity index is 397. The maximum atomic E-state index is 11.4. The number of phenolic OH excluding ortho intramolecular Hbond substituents is 1. The minimum Gasteiger partial charge on any atom is -0.508 e. The van der Waals surface area contributed by atoms with Crippen molar-refractivity contribution in [1.29, 1.82) is 0 Å². The summed E-state index contributed by atoms with van der Waals surface area (Å²) in [6, 6.07) is 7.42. The summed E-state index contributed by atoms with van der Waals surface area (Å²) in [6.07, 6.45) is 1.62. The maximum Gasteiger partial charge on any atom is 0.309 e. The van der Waals surface area contributed by atoms with Crippen LogP contribution in [-0.2, 0) is 9.53 Å². The summed E-state index contributed by atoms with van der Waals surface area (Å²) in [7, 11) is 1.41. The van der Waals surface area contributed by atoms with E-state index >= 15 is 0 Å². The molecular formula is C13H17NO3. The molecule has 4 nitrogen and oxygen atoms in total. The van der Waals surface area contributed by atoms with E-state index in [1.165, 1.54) is 7.11 Å². The predicted molar refractivity (Wildman–Crippen MR) is 63.6 cm³/mol. The third kappa shape index (κ3) is 2.58. The third-order valence-corrected chi connectivity index (χ3v) is 3.26. The van der Waals surface area contributed by atoms with E-state index in [0.29, 0.717) is 12.3 Å². The van der Waals surface area contributed by atoms with Gasteiger partial charge in [0.2, 0.25) is 0 Å². The van der Waals surface area contributed by atoms with Gasteiger partial charge in [0, 0.05) is 18.2 Å². The number of rotatable bonds is 2. The predicted octanol–water partition coefficient (Wildman–Crippen LogP) is 1.61. The lowest BCUT2D eigenvalue weighted by Gasteiger charge is -2.29. The Labute approximate surface area is 101 Å². The molecule has 2 atom stereocenters. The molecule has 1 fully saturated rings. The molecule has 4 heteroatoms. The van der Waals surface area contributed by atoms with E-state index in [1.807, 2.05) is 12.1 Å². The van der Waals surface area contributed by atoms with Crippen LogP contribution in [0, 0.1) is 5.92 Å². The lowest BCUT2D eigenvalue weighted by atomic mass is 9.90. The highest BCUT2D eigenvalue weighted by molar-refractivity contribution is 5.72. The van der Waals surface area contributed by atoms with Crippen molar-refractivity contribution in [2.75, 3.05) is 13.7 Å². The number of methoxy groups -OCH3 is 1. The lowest BCUT2D eigenvalue weighted by Crippen LogP contribution is -2.37. The van der Waals surface area contributed by atoms with E-state index in [2.05, 4.69) is 5.32 Å². The molecular weight excluding hydrogens is 218 g/mol. The molecule has 2 rings (SSSR count). The van der Waals surface area contributed by atoms with Crippen molar-refractivity contribution in [1.82, 2.24) is 5.32 Å². The van der Waals surface area contributed by atoms with E-state index in [9.17, 15) is 9.90 Å². The summed E-state index contributed by atoms with van der Waals surface area (Å²) < 4.78 is 4.73. The number of benzene rings is 1. The number of ether oxygens (including phenoxy) is 1. The summed E-state index contributed by atoms with van der Waals surface area (Å²) >= 11 is 0. The topological polar surface area (TPSA) is 58.6 Å². The minimum atomic E-state index is -0.159. The Balaban J connectivity index is 2.00. The monoisotopic (exact) mass is 235 g/mol. The van der Waals surface area contributed by atoms with Crippen LogP contribution in [-0.4, -0.2) is 24.7 Å². The highest BCUT2D eigenvalue weighted by Gasteiger charge is 2.27. The van der Waals surface area contributed by atoms with E-state index in [4.69, 9.17) is 4.74 Å². The van der Waals surface area contributed by atoms with Crippen LogP contribution in [0.25, 0.3) is 0 Å². The molecule has 0 aromatic heterocycles. The second kappa shape index (κ2) is 5.19. The summed E-state index contributed by atoms with van der Waals surface area (Å²) in [5, 5.41) is 13.0. The Morgan fingerprint density at radius 3 is 2.76 bits per heavy atom. The van der Waals surface area contributed by atoms with E-state index < -0.39 is 0 Å². The number of esters is 1. The zero-order valence-electron chi connectivity index (χ0n) is 9.85. The van der Waals surface area contributed by atoms with Crippen LogP contribution in [0.2, 0.25) is 0 Å². The van der Waals surface area contributed by atoms with Gasteiger partial charge in [-0.2, -0.15) is 0 Å². The highest BCUT2D eigenvalue weighted by Crippen LogP contribution is 2.31. The largest absolute Gasteiger partial charge is 0.508 e. The number of phenols is 1. The summed E-state index contributed by atoms with van der Waals surface area (Å²) in [5.74, 6) is 0.0804. The van der Waals surface area contributed by atoms with Gasteiger partial charge in [-0.1, -0.05) is 18.2 Å². The molecule has 92 valence electrons. The first-order valence-electron chi connectivity index (χ1n) is 5.81. The first kappa shape index (κ1) is 11.9. The van der Waals surface area contributed by atoms with Crippen molar-refractivity contribution in [3.63, 3.8) is 0 Å². The zero-order chi connectivity index (χ0) is 12.3. The molecule has 2 N–H and O–H groups in total. The molecule has 1 saturated heterocycles. The van der Waals surface area contributed by atoms with Crippen molar-refractivity contribution < 1.29 is 14.6 Å². The second-order valence-corrected chi connectivity index (χ2v) is 4.32. The van der Waals surface area contributed by atoms with Crippen LogP contribution >= 0.6 is 0 Å². The minimum absolute atomic E-state index is 0.0675. The van der Waals surface area contributed by atoms with Crippen LogP contribution in [0.15, 0.2) is 24.3 Å². The van der Waals surface area contributed by atoms with Gasteiger partial charge in [0.05, 0.1) is 13.0 Å². The molecule has 1 aromatic rings. The van der Waals surface area contributed by atoms with Crippen molar-refractivity contribution in [3.8, 4) is 5.75 Å². The van der Waals surface area contributed by atoms with Crippen molar-refractivity contribution in [3.05, 3.63) is 29.8 Å². The van der Waals surface area contributed by atoms with Crippen LogP contribution in [0.1, 0.15) is 24.4 Å². The third-order valence-electron chi connectivity index (χ3n) is 3.26. The molecule has 0 spiro atoms. The molecule has 0 amide bonds. The summed E-state index contributed by atoms with van der Waals surface area (Å²) in [6.45, 7) is 0.603. The number of carbonyl (C=O) groups excluding carboxylic acids is 1. The standard InChI is InChI=1S/C13H17NO3/c1-17-13(16)9-6-7-11(14-8-9)10-4-2-3-5-12(10)15/h2-5,9,11,14-15H,6-8H2,1H3. The second-order valence-electron chi connectivity index (χ2n) is 4.32. The fraction of sp³-hybridized carbons (Fsp3) is 0.462. The average Bonchev–Trinajstić information content (AvgIpc) is 2.39. The van der Waals surface area contributed by atoms with Gasteiger partial charge in [-0.3, -0.25) is 4.79 Å². The molecule has 2 unspecified atom stereocenters. The van der Waals surface area contributed by atoms with Gasteiger partial charge in [0.1, 0.15) is 5.75 Å². The Morgan fingerprint density at radius 2 is 2.18 bits per heavy atom. The summed E-state index contributed by atoms with van der Waals surface area (Å²) in [5.41, 5.74) is 0.899. The molecule has 0 aliphatic carbocycles. The van der Waals surface area contributed by atoms with E-state index in [0.717, 1.165) is 18.4 Å². The van der Waals surface area contributed by atoms with Crippen molar-refractivity contribution in [2.45, 2.75) is 18.9 Å². The fourth-order valence-electron chi connectivity index (χ4n) is 2.27. The SMILES string of the molecule is COC(=O)C1CCC(c2ccccc2O)NC1. The van der Waals surface area contributed by atoms with Crippen LogP contribution in [0.4, 0.5) is 0 Å². The first-order chi connectivity index (χ1) is 8.22. The van der Waals surface area contributed by atoms with Crippen LogP contribution in [0.5, 0.6) is 5.75 Å². The molecule has 1 aliphatic rings. The number of piperidine rings is 1. The average molecular weight is 235 g/mol. The van der Waals surface area contributed by atoms with Gasteiger partial charge in [-0.15, -0.1) is 0 Å². The van der Waals surface area contributed by atoms with Gasteiger partial charge < -0.3 is 15.2 Å². The lowest BCUT2D eigenvalue weighted by molar-refractivity contribution is -0.146. The number of hydrogen-bond acceptors (Lipinski definition) is 4. The highest BCUT2D eigenvalue weighted by atomic mass is 16.5. The van der Waals surface area contributed by atoms with Crippen molar-refractivity contribution in [2.24, 2.45) is 5.92 Å². The number of aromatic hydroxyl groups is 1. The van der Waals surface area contributed by atoms with Crippen molar-refractivity contribution >= 4 is 5.97 Å². The fourth-order valence-corrected chi connectivity index (χ4v) is 2.27. The number of carbonyl (C=O) groups is 1. The van der Waals surface area contributed by atoms with E-state index in [-0.39, 0.29) is 17.9 Å². The normalized spacial score (nSPS) is 24.3.